The average Bonchev–Trinajstić information content (AvgIpc) is 2.03. The Balaban J connectivity index is 2.69. The van der Waals surface area contributed by atoms with E-state index in [9.17, 15) is 4.79 Å². The first-order valence-corrected chi connectivity index (χ1v) is 4.57. The van der Waals surface area contributed by atoms with Crippen molar-refractivity contribution in [3.05, 3.63) is 22.7 Å². The van der Waals surface area contributed by atoms with E-state index >= 15 is 0 Å². The summed E-state index contributed by atoms with van der Waals surface area (Å²) in [6.45, 7) is 3.78. The minimum absolute atomic E-state index is 0.267. The van der Waals surface area contributed by atoms with Gasteiger partial charge in [0.2, 0.25) is 5.91 Å². The summed E-state index contributed by atoms with van der Waals surface area (Å²) in [5.41, 5.74) is 5.16. The molecule has 1 heterocycles. The molecule has 4 heteroatoms. The van der Waals surface area contributed by atoms with Crippen molar-refractivity contribution in [3.8, 4) is 0 Å². The Bertz CT molecular complexity index is 247. The largest absolute Gasteiger partial charge is 0.368 e. The maximum atomic E-state index is 10.8. The SMILES string of the molecule is CC1=CN(C(C)C(N)=O)C=CS1. The Morgan fingerprint density at radius 3 is 2.92 bits per heavy atom. The lowest BCUT2D eigenvalue weighted by atomic mass is 10.3. The van der Waals surface area contributed by atoms with Crippen LogP contribution in [0.4, 0.5) is 0 Å². The summed E-state index contributed by atoms with van der Waals surface area (Å²) < 4.78 is 0. The van der Waals surface area contributed by atoms with Crippen LogP contribution in [0.5, 0.6) is 0 Å². The van der Waals surface area contributed by atoms with Crippen LogP contribution in [-0.4, -0.2) is 16.8 Å². The van der Waals surface area contributed by atoms with E-state index in [1.807, 2.05) is 29.6 Å². The fourth-order valence-electron chi connectivity index (χ4n) is 0.879. The summed E-state index contributed by atoms with van der Waals surface area (Å²) in [6, 6.07) is -0.267. The van der Waals surface area contributed by atoms with Gasteiger partial charge in [-0.3, -0.25) is 4.79 Å². The Morgan fingerprint density at radius 1 is 1.75 bits per heavy atom. The highest BCUT2D eigenvalue weighted by Gasteiger charge is 2.15. The van der Waals surface area contributed by atoms with Crippen molar-refractivity contribution in [2.24, 2.45) is 5.73 Å². The zero-order valence-electron chi connectivity index (χ0n) is 7.15. The van der Waals surface area contributed by atoms with Gasteiger partial charge < -0.3 is 10.6 Å². The standard InChI is InChI=1S/C8H12N2OS/c1-6-5-10(3-4-12-6)7(2)8(9)11/h3-5,7H,1-2H3,(H2,9,11). The molecule has 2 N–H and O–H groups in total. The van der Waals surface area contributed by atoms with Crippen LogP contribution in [0.15, 0.2) is 22.7 Å². The average molecular weight is 184 g/mol. The van der Waals surface area contributed by atoms with Crippen molar-refractivity contribution >= 4 is 17.7 Å². The van der Waals surface area contributed by atoms with Gasteiger partial charge in [0.1, 0.15) is 6.04 Å². The molecule has 0 aromatic carbocycles. The molecule has 66 valence electrons. The fraction of sp³-hybridized carbons (Fsp3) is 0.375. The summed E-state index contributed by atoms with van der Waals surface area (Å²) in [5.74, 6) is -0.310. The van der Waals surface area contributed by atoms with Crippen LogP contribution in [0, 0.1) is 0 Å². The van der Waals surface area contributed by atoms with E-state index in [-0.39, 0.29) is 11.9 Å². The van der Waals surface area contributed by atoms with E-state index in [0.29, 0.717) is 0 Å². The van der Waals surface area contributed by atoms with E-state index in [0.717, 1.165) is 4.91 Å². The molecule has 0 aliphatic carbocycles. The molecular weight excluding hydrogens is 172 g/mol. The first kappa shape index (κ1) is 9.19. The zero-order chi connectivity index (χ0) is 9.14. The smallest absolute Gasteiger partial charge is 0.240 e. The van der Waals surface area contributed by atoms with Crippen LogP contribution in [0.1, 0.15) is 13.8 Å². The normalized spacial score (nSPS) is 18.8. The number of thioether (sulfide) groups is 1. The van der Waals surface area contributed by atoms with Crippen LogP contribution in [0.2, 0.25) is 0 Å². The first-order valence-electron chi connectivity index (χ1n) is 3.70. The molecule has 1 aliphatic heterocycles. The lowest BCUT2D eigenvalue weighted by Gasteiger charge is -2.24. The number of nitrogens with zero attached hydrogens (tertiary/aromatic N) is 1. The van der Waals surface area contributed by atoms with Crippen LogP contribution in [-0.2, 0) is 4.79 Å². The monoisotopic (exact) mass is 184 g/mol. The molecule has 1 atom stereocenters. The Hall–Kier alpha value is -0.900. The van der Waals surface area contributed by atoms with E-state index in [2.05, 4.69) is 0 Å². The van der Waals surface area contributed by atoms with Gasteiger partial charge in [0, 0.05) is 17.3 Å². The summed E-state index contributed by atoms with van der Waals surface area (Å²) >= 11 is 1.64. The van der Waals surface area contributed by atoms with Gasteiger partial charge in [0.25, 0.3) is 0 Å². The molecule has 0 fully saturated rings. The van der Waals surface area contributed by atoms with Crippen molar-refractivity contribution in [1.82, 2.24) is 4.90 Å². The second kappa shape index (κ2) is 3.67. The first-order chi connectivity index (χ1) is 5.61. The van der Waals surface area contributed by atoms with Gasteiger partial charge in [-0.05, 0) is 19.3 Å². The molecule has 0 bridgehead atoms. The Kier molecular flexibility index (Phi) is 2.81. The number of amides is 1. The van der Waals surface area contributed by atoms with Crippen molar-refractivity contribution in [1.29, 1.82) is 0 Å². The van der Waals surface area contributed by atoms with Gasteiger partial charge >= 0.3 is 0 Å². The number of allylic oxidation sites excluding steroid dienone is 1. The summed E-state index contributed by atoms with van der Waals surface area (Å²) in [7, 11) is 0. The molecule has 0 aromatic rings. The predicted molar refractivity (Wildman–Crippen MR) is 51.0 cm³/mol. The fourth-order valence-corrected chi connectivity index (χ4v) is 1.48. The number of carbonyl (C=O) groups excluding carboxylic acids is 1. The molecule has 0 saturated carbocycles. The highest BCUT2D eigenvalue weighted by Crippen LogP contribution is 2.22. The predicted octanol–water partition coefficient (Wildman–Crippen LogP) is 1.24. The number of hydrogen-bond acceptors (Lipinski definition) is 3. The molecule has 1 unspecified atom stereocenters. The number of rotatable bonds is 2. The van der Waals surface area contributed by atoms with Crippen molar-refractivity contribution in [2.45, 2.75) is 19.9 Å². The molecule has 0 spiro atoms. The number of nitrogens with two attached hydrogens (primary N) is 1. The third kappa shape index (κ3) is 2.04. The van der Waals surface area contributed by atoms with Crippen LogP contribution in [0.25, 0.3) is 0 Å². The van der Waals surface area contributed by atoms with Gasteiger partial charge in [-0.2, -0.15) is 0 Å². The van der Waals surface area contributed by atoms with E-state index < -0.39 is 0 Å². The topological polar surface area (TPSA) is 46.3 Å². The molecule has 0 aromatic heterocycles. The maximum absolute atomic E-state index is 10.8. The molecule has 0 radical (unpaired) electrons. The van der Waals surface area contributed by atoms with E-state index in [4.69, 9.17) is 5.73 Å². The summed E-state index contributed by atoms with van der Waals surface area (Å²) in [6.07, 6.45) is 3.77. The molecule has 1 aliphatic rings. The molecule has 0 saturated heterocycles. The van der Waals surface area contributed by atoms with Gasteiger partial charge in [-0.15, -0.1) is 0 Å². The summed E-state index contributed by atoms with van der Waals surface area (Å²) in [5, 5.41) is 1.94. The number of hydrogen-bond donors (Lipinski definition) is 1. The van der Waals surface area contributed by atoms with Crippen molar-refractivity contribution in [2.75, 3.05) is 0 Å². The van der Waals surface area contributed by atoms with Gasteiger partial charge in [0.15, 0.2) is 0 Å². The third-order valence-corrected chi connectivity index (χ3v) is 2.41. The van der Waals surface area contributed by atoms with Gasteiger partial charge in [-0.1, -0.05) is 11.8 Å². The number of primary amides is 1. The van der Waals surface area contributed by atoms with E-state index in [1.165, 1.54) is 0 Å². The lowest BCUT2D eigenvalue weighted by molar-refractivity contribution is -0.121. The van der Waals surface area contributed by atoms with E-state index in [1.54, 1.807) is 18.7 Å². The second-order valence-electron chi connectivity index (χ2n) is 2.67. The molecular formula is C8H12N2OS. The van der Waals surface area contributed by atoms with Crippen molar-refractivity contribution in [3.63, 3.8) is 0 Å². The van der Waals surface area contributed by atoms with Crippen molar-refractivity contribution < 1.29 is 4.79 Å². The van der Waals surface area contributed by atoms with Crippen LogP contribution >= 0.6 is 11.8 Å². The highest BCUT2D eigenvalue weighted by atomic mass is 32.2. The van der Waals surface area contributed by atoms with Gasteiger partial charge in [0.05, 0.1) is 0 Å². The summed E-state index contributed by atoms with van der Waals surface area (Å²) in [4.78, 5) is 13.8. The molecule has 12 heavy (non-hydrogen) atoms. The number of carbonyl (C=O) groups is 1. The van der Waals surface area contributed by atoms with Gasteiger partial charge in [-0.25, -0.2) is 0 Å². The van der Waals surface area contributed by atoms with Crippen LogP contribution in [0.3, 0.4) is 0 Å². The quantitative estimate of drug-likeness (QED) is 0.702. The molecule has 1 rings (SSSR count). The minimum Gasteiger partial charge on any atom is -0.368 e. The Morgan fingerprint density at radius 2 is 2.42 bits per heavy atom. The highest BCUT2D eigenvalue weighted by molar-refractivity contribution is 8.05. The lowest BCUT2D eigenvalue weighted by Crippen LogP contribution is -2.37. The molecule has 3 nitrogen and oxygen atoms in total. The molecule has 1 amide bonds. The second-order valence-corrected chi connectivity index (χ2v) is 3.82. The maximum Gasteiger partial charge on any atom is 0.240 e. The Labute approximate surface area is 76.3 Å². The van der Waals surface area contributed by atoms with Crippen LogP contribution < -0.4 is 5.73 Å². The zero-order valence-corrected chi connectivity index (χ0v) is 7.97. The third-order valence-electron chi connectivity index (χ3n) is 1.68. The minimum atomic E-state index is -0.310.